The Hall–Kier alpha value is -2.04. The van der Waals surface area contributed by atoms with E-state index in [0.29, 0.717) is 12.1 Å². The van der Waals surface area contributed by atoms with Crippen LogP contribution < -0.4 is 10.2 Å². The summed E-state index contributed by atoms with van der Waals surface area (Å²) in [6.45, 7) is 4.99. The number of aliphatic carboxylic acids is 1. The summed E-state index contributed by atoms with van der Waals surface area (Å²) < 4.78 is 0. The van der Waals surface area contributed by atoms with Crippen molar-refractivity contribution in [1.82, 2.24) is 0 Å². The Labute approximate surface area is 112 Å². The maximum atomic E-state index is 12.5. The van der Waals surface area contributed by atoms with Crippen molar-refractivity contribution in [2.75, 3.05) is 10.2 Å². The number of amides is 1. The highest BCUT2D eigenvalue weighted by molar-refractivity contribution is 6.09. The van der Waals surface area contributed by atoms with E-state index in [1.165, 1.54) is 4.90 Å². The number of hydrogen-bond acceptors (Lipinski definition) is 3. The van der Waals surface area contributed by atoms with Crippen LogP contribution in [-0.2, 0) is 9.59 Å². The predicted molar refractivity (Wildman–Crippen MR) is 73.3 cm³/mol. The molecule has 0 bridgehead atoms. The summed E-state index contributed by atoms with van der Waals surface area (Å²) in [6, 6.07) is 6.89. The molecule has 0 fully saturated rings. The minimum absolute atomic E-state index is 0.200. The molecule has 102 valence electrons. The number of anilines is 2. The molecule has 0 spiro atoms. The van der Waals surface area contributed by atoms with Gasteiger partial charge in [0.1, 0.15) is 11.6 Å². The van der Waals surface area contributed by atoms with Gasteiger partial charge in [-0.05, 0) is 32.4 Å². The van der Waals surface area contributed by atoms with Crippen molar-refractivity contribution in [2.45, 2.75) is 38.8 Å². The van der Waals surface area contributed by atoms with Gasteiger partial charge in [0.15, 0.2) is 0 Å². The summed E-state index contributed by atoms with van der Waals surface area (Å²) in [5.74, 6) is -1.22. The number of para-hydroxylation sites is 2. The number of carboxylic acids is 1. The predicted octanol–water partition coefficient (Wildman–Crippen LogP) is 2.09. The number of carbonyl (C=O) groups excluding carboxylic acids is 1. The van der Waals surface area contributed by atoms with Crippen molar-refractivity contribution < 1.29 is 14.7 Å². The first kappa shape index (κ1) is 13.4. The van der Waals surface area contributed by atoms with Gasteiger partial charge in [-0.2, -0.15) is 0 Å². The van der Waals surface area contributed by atoms with Crippen LogP contribution in [0.3, 0.4) is 0 Å². The first-order valence-electron chi connectivity index (χ1n) is 6.32. The van der Waals surface area contributed by atoms with Gasteiger partial charge in [-0.25, -0.2) is 4.79 Å². The first-order chi connectivity index (χ1) is 8.89. The van der Waals surface area contributed by atoms with Crippen LogP contribution in [-0.4, -0.2) is 28.6 Å². The van der Waals surface area contributed by atoms with Crippen molar-refractivity contribution in [3.8, 4) is 0 Å². The fourth-order valence-electron chi connectivity index (χ4n) is 2.26. The molecule has 0 saturated carbocycles. The van der Waals surface area contributed by atoms with Gasteiger partial charge in [0.05, 0.1) is 11.4 Å². The van der Waals surface area contributed by atoms with Crippen LogP contribution >= 0.6 is 0 Å². The summed E-state index contributed by atoms with van der Waals surface area (Å²) in [4.78, 5) is 25.3. The lowest BCUT2D eigenvalue weighted by atomic mass is 9.96. The molecule has 0 aliphatic carbocycles. The SMILES string of the molecule is CCC1Nc2ccccc2N(C(C)(C)C(=O)O)C1=O. The Morgan fingerprint density at radius 3 is 2.63 bits per heavy atom. The van der Waals surface area contributed by atoms with E-state index in [9.17, 15) is 14.7 Å². The lowest BCUT2D eigenvalue weighted by molar-refractivity contribution is -0.144. The van der Waals surface area contributed by atoms with Crippen LogP contribution in [0, 0.1) is 0 Å². The molecule has 2 rings (SSSR count). The largest absolute Gasteiger partial charge is 0.480 e. The molecule has 5 heteroatoms. The number of benzene rings is 1. The Morgan fingerprint density at radius 2 is 2.05 bits per heavy atom. The van der Waals surface area contributed by atoms with Gasteiger partial charge in [-0.15, -0.1) is 0 Å². The standard InChI is InChI=1S/C14H18N2O3/c1-4-9-12(17)16(14(2,3)13(18)19)11-8-6-5-7-10(11)15-9/h5-9,15H,4H2,1-3H3,(H,18,19). The third kappa shape index (κ3) is 2.05. The van der Waals surface area contributed by atoms with E-state index in [1.54, 1.807) is 26.0 Å². The molecule has 19 heavy (non-hydrogen) atoms. The van der Waals surface area contributed by atoms with Crippen molar-refractivity contribution >= 4 is 23.3 Å². The summed E-state index contributed by atoms with van der Waals surface area (Å²) in [7, 11) is 0. The van der Waals surface area contributed by atoms with Crippen LogP contribution in [0.1, 0.15) is 27.2 Å². The molecule has 0 aromatic heterocycles. The molecular formula is C14H18N2O3. The number of rotatable bonds is 3. The summed E-state index contributed by atoms with van der Waals surface area (Å²) in [6.07, 6.45) is 0.610. The fraction of sp³-hybridized carbons (Fsp3) is 0.429. The number of nitrogens with one attached hydrogen (secondary N) is 1. The third-order valence-corrected chi connectivity index (χ3v) is 3.48. The fourth-order valence-corrected chi connectivity index (χ4v) is 2.26. The van der Waals surface area contributed by atoms with Crippen LogP contribution in [0.4, 0.5) is 11.4 Å². The lowest BCUT2D eigenvalue weighted by Crippen LogP contribution is -2.59. The Morgan fingerprint density at radius 1 is 1.42 bits per heavy atom. The molecule has 1 aliphatic heterocycles. The maximum Gasteiger partial charge on any atom is 0.329 e. The summed E-state index contributed by atoms with van der Waals surface area (Å²) in [5, 5.41) is 12.5. The quantitative estimate of drug-likeness (QED) is 0.875. The lowest BCUT2D eigenvalue weighted by Gasteiger charge is -2.42. The van der Waals surface area contributed by atoms with E-state index in [0.717, 1.165) is 5.69 Å². The van der Waals surface area contributed by atoms with E-state index in [1.807, 2.05) is 19.1 Å². The van der Waals surface area contributed by atoms with E-state index in [-0.39, 0.29) is 11.9 Å². The molecule has 1 atom stereocenters. The zero-order valence-corrected chi connectivity index (χ0v) is 11.3. The minimum Gasteiger partial charge on any atom is -0.480 e. The van der Waals surface area contributed by atoms with Crippen molar-refractivity contribution in [1.29, 1.82) is 0 Å². The van der Waals surface area contributed by atoms with E-state index in [2.05, 4.69) is 5.32 Å². The molecule has 5 nitrogen and oxygen atoms in total. The monoisotopic (exact) mass is 262 g/mol. The average molecular weight is 262 g/mol. The van der Waals surface area contributed by atoms with Gasteiger partial charge < -0.3 is 10.4 Å². The van der Waals surface area contributed by atoms with Gasteiger partial charge >= 0.3 is 5.97 Å². The van der Waals surface area contributed by atoms with Crippen LogP contribution in [0.5, 0.6) is 0 Å². The number of carbonyl (C=O) groups is 2. The van der Waals surface area contributed by atoms with E-state index >= 15 is 0 Å². The molecule has 1 heterocycles. The van der Waals surface area contributed by atoms with Crippen LogP contribution in [0.25, 0.3) is 0 Å². The highest BCUT2D eigenvalue weighted by atomic mass is 16.4. The molecule has 1 aromatic rings. The van der Waals surface area contributed by atoms with Gasteiger partial charge in [0, 0.05) is 0 Å². The number of fused-ring (bicyclic) bond motifs is 1. The molecule has 1 unspecified atom stereocenters. The molecule has 1 aromatic carbocycles. The molecule has 1 aliphatic rings. The zero-order valence-electron chi connectivity index (χ0n) is 11.3. The Bertz CT molecular complexity index is 525. The first-order valence-corrected chi connectivity index (χ1v) is 6.32. The molecular weight excluding hydrogens is 244 g/mol. The molecule has 0 radical (unpaired) electrons. The van der Waals surface area contributed by atoms with Gasteiger partial charge in [0.2, 0.25) is 0 Å². The molecule has 1 amide bonds. The second kappa shape index (κ2) is 4.57. The number of hydrogen-bond donors (Lipinski definition) is 2. The van der Waals surface area contributed by atoms with E-state index < -0.39 is 11.5 Å². The average Bonchev–Trinajstić information content (AvgIpc) is 2.37. The summed E-state index contributed by atoms with van der Waals surface area (Å²) >= 11 is 0. The number of nitrogens with zero attached hydrogens (tertiary/aromatic N) is 1. The zero-order chi connectivity index (χ0) is 14.2. The number of carboxylic acid groups (broad SMARTS) is 1. The van der Waals surface area contributed by atoms with Crippen LogP contribution in [0.2, 0.25) is 0 Å². The Kier molecular flexibility index (Phi) is 3.22. The second-order valence-corrected chi connectivity index (χ2v) is 5.16. The summed E-state index contributed by atoms with van der Waals surface area (Å²) in [5.41, 5.74) is 0.135. The molecule has 0 saturated heterocycles. The van der Waals surface area contributed by atoms with Crippen LogP contribution in [0.15, 0.2) is 24.3 Å². The van der Waals surface area contributed by atoms with Gasteiger partial charge in [-0.1, -0.05) is 19.1 Å². The normalized spacial score (nSPS) is 18.8. The van der Waals surface area contributed by atoms with E-state index in [4.69, 9.17) is 0 Å². The maximum absolute atomic E-state index is 12.5. The van der Waals surface area contributed by atoms with Crippen molar-refractivity contribution in [2.24, 2.45) is 0 Å². The second-order valence-electron chi connectivity index (χ2n) is 5.16. The van der Waals surface area contributed by atoms with Crippen molar-refractivity contribution in [3.05, 3.63) is 24.3 Å². The highest BCUT2D eigenvalue weighted by Crippen LogP contribution is 2.36. The molecule has 2 N–H and O–H groups in total. The third-order valence-electron chi connectivity index (χ3n) is 3.48. The van der Waals surface area contributed by atoms with Gasteiger partial charge in [0.25, 0.3) is 5.91 Å². The van der Waals surface area contributed by atoms with Crippen molar-refractivity contribution in [3.63, 3.8) is 0 Å². The van der Waals surface area contributed by atoms with Gasteiger partial charge in [-0.3, -0.25) is 9.69 Å². The Balaban J connectivity index is 2.57. The highest BCUT2D eigenvalue weighted by Gasteiger charge is 2.44. The smallest absolute Gasteiger partial charge is 0.329 e. The topological polar surface area (TPSA) is 69.6 Å². The minimum atomic E-state index is -1.28.